The van der Waals surface area contributed by atoms with Gasteiger partial charge in [-0.3, -0.25) is 4.79 Å². The van der Waals surface area contributed by atoms with Crippen LogP contribution in [0.1, 0.15) is 11.6 Å². The van der Waals surface area contributed by atoms with Gasteiger partial charge >= 0.3 is 6.18 Å². The van der Waals surface area contributed by atoms with Crippen molar-refractivity contribution in [2.24, 2.45) is 0 Å². The van der Waals surface area contributed by atoms with Crippen molar-refractivity contribution in [3.05, 3.63) is 69.0 Å². The maximum atomic E-state index is 14.4. The second-order valence-corrected chi connectivity index (χ2v) is 7.58. The SMILES string of the molecule is COc1c(F)cc(Cl)cc1[C@@H](Nc1cc(F)cc2[nH]c(=O)ccc12)[C@](O)(CCl)C(F)(F)F. The van der Waals surface area contributed by atoms with Crippen LogP contribution in [-0.2, 0) is 0 Å². The zero-order valence-electron chi connectivity index (χ0n) is 16.2. The first-order valence-electron chi connectivity index (χ1n) is 8.88. The first-order chi connectivity index (χ1) is 14.9. The van der Waals surface area contributed by atoms with E-state index in [1.807, 2.05) is 0 Å². The molecule has 1 heterocycles. The van der Waals surface area contributed by atoms with Crippen molar-refractivity contribution in [1.82, 2.24) is 4.98 Å². The summed E-state index contributed by atoms with van der Waals surface area (Å²) in [5.41, 5.74) is -5.02. The van der Waals surface area contributed by atoms with Crippen LogP contribution in [-0.4, -0.2) is 34.9 Å². The number of hydrogen-bond acceptors (Lipinski definition) is 4. The molecular formula is C20H15Cl2F5N2O3. The first kappa shape index (κ1) is 24.1. The van der Waals surface area contributed by atoms with Gasteiger partial charge in [0.1, 0.15) is 5.82 Å². The number of hydrogen-bond donors (Lipinski definition) is 3. The number of pyridine rings is 1. The Hall–Kier alpha value is -2.56. The molecule has 2 aromatic carbocycles. The number of rotatable bonds is 6. The van der Waals surface area contributed by atoms with Crippen LogP contribution in [0.5, 0.6) is 5.75 Å². The van der Waals surface area contributed by atoms with Gasteiger partial charge in [0.15, 0.2) is 17.2 Å². The second-order valence-electron chi connectivity index (χ2n) is 6.88. The molecule has 0 saturated heterocycles. The van der Waals surface area contributed by atoms with Crippen LogP contribution in [0.4, 0.5) is 27.6 Å². The van der Waals surface area contributed by atoms with Crippen LogP contribution >= 0.6 is 23.2 Å². The molecule has 3 N–H and O–H groups in total. The molecule has 32 heavy (non-hydrogen) atoms. The number of fused-ring (bicyclic) bond motifs is 1. The number of halogens is 7. The molecule has 0 saturated carbocycles. The average Bonchev–Trinajstić information content (AvgIpc) is 2.69. The zero-order valence-corrected chi connectivity index (χ0v) is 17.7. The highest BCUT2D eigenvalue weighted by molar-refractivity contribution is 6.30. The summed E-state index contributed by atoms with van der Waals surface area (Å²) in [6.07, 6.45) is -5.31. The van der Waals surface area contributed by atoms with Gasteiger partial charge in [0.05, 0.1) is 24.5 Å². The third-order valence-electron chi connectivity index (χ3n) is 4.83. The molecule has 0 aliphatic rings. The molecule has 12 heteroatoms. The van der Waals surface area contributed by atoms with E-state index in [2.05, 4.69) is 10.3 Å². The fourth-order valence-electron chi connectivity index (χ4n) is 3.29. The van der Waals surface area contributed by atoms with Crippen LogP contribution in [0.15, 0.2) is 41.2 Å². The molecular weight excluding hydrogens is 482 g/mol. The molecule has 172 valence electrons. The van der Waals surface area contributed by atoms with Gasteiger partial charge in [-0.15, -0.1) is 11.6 Å². The molecule has 3 aromatic rings. The topological polar surface area (TPSA) is 74.3 Å². The Kier molecular flexibility index (Phi) is 6.60. The van der Waals surface area contributed by atoms with Crippen molar-refractivity contribution in [3.63, 3.8) is 0 Å². The summed E-state index contributed by atoms with van der Waals surface area (Å²) in [5, 5.41) is 12.9. The Balaban J connectivity index is 2.31. The van der Waals surface area contributed by atoms with E-state index in [1.54, 1.807) is 0 Å². The number of aromatic amines is 1. The van der Waals surface area contributed by atoms with E-state index < -0.39 is 52.2 Å². The predicted molar refractivity (Wildman–Crippen MR) is 111 cm³/mol. The van der Waals surface area contributed by atoms with E-state index in [1.165, 1.54) is 6.07 Å². The number of benzene rings is 2. The second kappa shape index (κ2) is 8.76. The summed E-state index contributed by atoms with van der Waals surface area (Å²) in [5.74, 6) is -3.98. The third kappa shape index (κ3) is 4.35. The third-order valence-corrected chi connectivity index (χ3v) is 5.45. The smallest absolute Gasteiger partial charge is 0.420 e. The van der Waals surface area contributed by atoms with Gasteiger partial charge in [-0.25, -0.2) is 8.78 Å². The molecule has 0 bridgehead atoms. The average molecular weight is 497 g/mol. The van der Waals surface area contributed by atoms with E-state index in [4.69, 9.17) is 27.9 Å². The van der Waals surface area contributed by atoms with Gasteiger partial charge in [0.2, 0.25) is 5.56 Å². The van der Waals surface area contributed by atoms with Crippen LogP contribution < -0.4 is 15.6 Å². The number of alkyl halides is 4. The normalized spacial score (nSPS) is 14.8. The Morgan fingerprint density at radius 3 is 2.47 bits per heavy atom. The van der Waals surface area contributed by atoms with Crippen molar-refractivity contribution in [2.45, 2.75) is 17.8 Å². The monoisotopic (exact) mass is 496 g/mol. The van der Waals surface area contributed by atoms with E-state index in [0.29, 0.717) is 0 Å². The molecule has 0 amide bonds. The lowest BCUT2D eigenvalue weighted by Crippen LogP contribution is -2.54. The van der Waals surface area contributed by atoms with Crippen molar-refractivity contribution < 1.29 is 31.8 Å². The highest BCUT2D eigenvalue weighted by Crippen LogP contribution is 2.46. The summed E-state index contributed by atoms with van der Waals surface area (Å²) in [6.45, 7) is 0. The van der Waals surface area contributed by atoms with Crippen LogP contribution in [0.2, 0.25) is 5.02 Å². The number of ether oxygens (including phenoxy) is 1. The predicted octanol–water partition coefficient (Wildman–Crippen LogP) is 5.15. The van der Waals surface area contributed by atoms with E-state index in [0.717, 1.165) is 37.4 Å². The number of anilines is 1. The number of methoxy groups -OCH3 is 1. The Morgan fingerprint density at radius 1 is 1.19 bits per heavy atom. The van der Waals surface area contributed by atoms with Gasteiger partial charge < -0.3 is 20.1 Å². The molecule has 5 nitrogen and oxygen atoms in total. The van der Waals surface area contributed by atoms with E-state index in [9.17, 15) is 31.9 Å². The minimum atomic E-state index is -5.31. The highest BCUT2D eigenvalue weighted by atomic mass is 35.5. The van der Waals surface area contributed by atoms with Crippen molar-refractivity contribution >= 4 is 39.8 Å². The maximum Gasteiger partial charge on any atom is 0.420 e. The molecule has 0 unspecified atom stereocenters. The minimum Gasteiger partial charge on any atom is -0.493 e. The number of H-pyrrole nitrogens is 1. The molecule has 0 aliphatic heterocycles. The number of aliphatic hydroxyl groups is 1. The van der Waals surface area contributed by atoms with Crippen LogP contribution in [0.3, 0.4) is 0 Å². The van der Waals surface area contributed by atoms with Gasteiger partial charge in [0, 0.05) is 27.7 Å². The van der Waals surface area contributed by atoms with Crippen molar-refractivity contribution in [3.8, 4) is 5.75 Å². The largest absolute Gasteiger partial charge is 0.493 e. The maximum absolute atomic E-state index is 14.4. The number of nitrogens with one attached hydrogen (secondary N) is 2. The Morgan fingerprint density at radius 2 is 1.88 bits per heavy atom. The summed E-state index contributed by atoms with van der Waals surface area (Å²) < 4.78 is 75.4. The zero-order chi connectivity index (χ0) is 23.8. The van der Waals surface area contributed by atoms with Crippen molar-refractivity contribution in [2.75, 3.05) is 18.3 Å². The summed E-state index contributed by atoms with van der Waals surface area (Å²) in [6, 6.07) is 3.73. The van der Waals surface area contributed by atoms with Crippen LogP contribution in [0.25, 0.3) is 10.9 Å². The van der Waals surface area contributed by atoms with Gasteiger partial charge in [0.25, 0.3) is 0 Å². The Labute approximate surface area is 187 Å². The summed E-state index contributed by atoms with van der Waals surface area (Å²) >= 11 is 11.4. The highest BCUT2D eigenvalue weighted by Gasteiger charge is 2.59. The van der Waals surface area contributed by atoms with Gasteiger partial charge in [-0.05, 0) is 30.3 Å². The summed E-state index contributed by atoms with van der Waals surface area (Å²) in [4.78, 5) is 13.9. The fraction of sp³-hybridized carbons (Fsp3) is 0.250. The minimum absolute atomic E-state index is 0.0237. The molecule has 0 radical (unpaired) electrons. The lowest BCUT2D eigenvalue weighted by Gasteiger charge is -2.38. The van der Waals surface area contributed by atoms with Gasteiger partial charge in [-0.1, -0.05) is 11.6 Å². The molecule has 3 rings (SSSR count). The Bertz CT molecular complexity index is 1220. The lowest BCUT2D eigenvalue weighted by molar-refractivity contribution is -0.257. The quantitative estimate of drug-likeness (QED) is 0.325. The molecule has 2 atom stereocenters. The van der Waals surface area contributed by atoms with E-state index >= 15 is 0 Å². The molecule has 1 aromatic heterocycles. The number of aromatic nitrogens is 1. The molecule has 0 aliphatic carbocycles. The van der Waals surface area contributed by atoms with E-state index in [-0.39, 0.29) is 21.6 Å². The summed E-state index contributed by atoms with van der Waals surface area (Å²) in [7, 11) is 1.02. The van der Waals surface area contributed by atoms with Crippen LogP contribution in [0, 0.1) is 11.6 Å². The van der Waals surface area contributed by atoms with Crippen molar-refractivity contribution in [1.29, 1.82) is 0 Å². The molecule has 0 fully saturated rings. The standard InChI is InChI=1S/C20H15Cl2F5N2O3/c1-32-17-12(4-9(22)5-13(17)24)18(19(31,8-21)20(25,26)27)29-15-7-10(23)6-14-11(15)2-3-16(30)28-14/h2-7,18,29,31H,8H2,1H3,(H,28,30)/t18-,19-/m1/s1. The first-order valence-corrected chi connectivity index (χ1v) is 9.79. The fourth-order valence-corrected chi connectivity index (χ4v) is 3.81. The molecule has 0 spiro atoms. The van der Waals surface area contributed by atoms with Gasteiger partial charge in [-0.2, -0.15) is 13.2 Å². The lowest BCUT2D eigenvalue weighted by atomic mass is 9.88.